The van der Waals surface area contributed by atoms with Crippen LogP contribution in [0.2, 0.25) is 0 Å². The average molecular weight is 440 g/mol. The minimum absolute atomic E-state index is 0.146. The van der Waals surface area contributed by atoms with Crippen LogP contribution in [0.1, 0.15) is 27.1 Å². The molecule has 0 bridgehead atoms. The van der Waals surface area contributed by atoms with Crippen molar-refractivity contribution in [2.24, 2.45) is 0 Å². The number of benzene rings is 5. The fourth-order valence-corrected chi connectivity index (χ4v) is 4.71. The molecule has 0 fully saturated rings. The summed E-state index contributed by atoms with van der Waals surface area (Å²) in [6.07, 6.45) is -0.146. The Morgan fingerprint density at radius 3 is 1.74 bits per heavy atom. The maximum Gasteiger partial charge on any atom is 0.170 e. The van der Waals surface area contributed by atoms with Crippen LogP contribution >= 0.6 is 0 Å². The number of aromatic nitrogens is 1. The van der Waals surface area contributed by atoms with Crippen LogP contribution in [0.4, 0.5) is 0 Å². The fraction of sp³-hybridized carbons (Fsp3) is 0.0323. The lowest BCUT2D eigenvalue weighted by atomic mass is 9.99. The lowest BCUT2D eigenvalue weighted by Gasteiger charge is -2.09. The van der Waals surface area contributed by atoms with Gasteiger partial charge in [-0.25, -0.2) is 0 Å². The van der Waals surface area contributed by atoms with Crippen molar-refractivity contribution in [3.8, 4) is 5.69 Å². The Bertz CT molecular complexity index is 1650. The number of ketones is 2. The zero-order valence-electron chi connectivity index (χ0n) is 18.4. The van der Waals surface area contributed by atoms with E-state index in [4.69, 9.17) is 0 Å². The summed E-state index contributed by atoms with van der Waals surface area (Å²) in [7, 11) is 0. The third-order valence-corrected chi connectivity index (χ3v) is 6.42. The molecule has 1 heterocycles. The van der Waals surface area contributed by atoms with Gasteiger partial charge in [0.25, 0.3) is 0 Å². The summed E-state index contributed by atoms with van der Waals surface area (Å²) in [6, 6.07) is 37.6. The summed E-state index contributed by atoms with van der Waals surface area (Å²) >= 11 is 0. The smallest absolute Gasteiger partial charge is 0.170 e. The maximum absolute atomic E-state index is 12.9. The number of para-hydroxylation sites is 2. The van der Waals surface area contributed by atoms with Gasteiger partial charge in [-0.15, -0.1) is 0 Å². The van der Waals surface area contributed by atoms with Crippen LogP contribution in [0.5, 0.6) is 0 Å². The molecule has 5 aromatic carbocycles. The second-order valence-electron chi connectivity index (χ2n) is 8.50. The van der Waals surface area contributed by atoms with E-state index in [9.17, 15) is 9.59 Å². The van der Waals surface area contributed by atoms with Crippen LogP contribution in [0, 0.1) is 0 Å². The molecule has 0 spiro atoms. The van der Waals surface area contributed by atoms with Crippen LogP contribution in [0.25, 0.3) is 38.3 Å². The van der Waals surface area contributed by atoms with Crippen molar-refractivity contribution in [1.29, 1.82) is 0 Å². The van der Waals surface area contributed by atoms with Gasteiger partial charge in [-0.1, -0.05) is 72.8 Å². The van der Waals surface area contributed by atoms with E-state index in [-0.39, 0.29) is 18.0 Å². The minimum Gasteiger partial charge on any atom is -0.309 e. The first-order chi connectivity index (χ1) is 16.7. The van der Waals surface area contributed by atoms with Crippen LogP contribution in [0.15, 0.2) is 115 Å². The number of rotatable bonds is 5. The van der Waals surface area contributed by atoms with Crippen molar-refractivity contribution in [3.05, 3.63) is 126 Å². The summed E-state index contributed by atoms with van der Waals surface area (Å²) in [4.78, 5) is 25.7. The Labute approximate surface area is 196 Å². The zero-order chi connectivity index (χ0) is 23.1. The highest BCUT2D eigenvalue weighted by Crippen LogP contribution is 2.31. The largest absolute Gasteiger partial charge is 0.309 e. The van der Waals surface area contributed by atoms with Crippen LogP contribution in [-0.2, 0) is 0 Å². The van der Waals surface area contributed by atoms with Gasteiger partial charge in [0.15, 0.2) is 11.6 Å². The van der Waals surface area contributed by atoms with E-state index in [1.807, 2.05) is 84.9 Å². The van der Waals surface area contributed by atoms with Gasteiger partial charge in [0, 0.05) is 27.6 Å². The quantitative estimate of drug-likeness (QED) is 0.207. The first-order valence-electron chi connectivity index (χ1n) is 11.3. The summed E-state index contributed by atoms with van der Waals surface area (Å²) in [5.41, 5.74) is 4.32. The highest BCUT2D eigenvalue weighted by molar-refractivity contribution is 6.14. The van der Waals surface area contributed by atoms with Gasteiger partial charge in [0.1, 0.15) is 0 Å². The number of fused-ring (bicyclic) bond motifs is 4. The molecule has 162 valence electrons. The number of carbonyl (C=O) groups excluding carboxylic acids is 2. The van der Waals surface area contributed by atoms with Gasteiger partial charge in [-0.2, -0.15) is 0 Å². The lowest BCUT2D eigenvalue weighted by molar-refractivity contribution is 0.0894. The molecule has 0 aliphatic carbocycles. The first-order valence-corrected chi connectivity index (χ1v) is 11.3. The van der Waals surface area contributed by atoms with Crippen molar-refractivity contribution < 1.29 is 9.59 Å². The van der Waals surface area contributed by atoms with E-state index in [0.29, 0.717) is 11.1 Å². The predicted octanol–water partition coefficient (Wildman–Crippen LogP) is 7.39. The topological polar surface area (TPSA) is 39.1 Å². The summed E-state index contributed by atoms with van der Waals surface area (Å²) in [5, 5.41) is 4.46. The molecule has 0 aliphatic rings. The molecule has 0 N–H and O–H groups in total. The molecule has 0 saturated heterocycles. The Morgan fingerprint density at radius 1 is 0.529 bits per heavy atom. The number of nitrogens with zero attached hydrogens (tertiary/aromatic N) is 1. The van der Waals surface area contributed by atoms with Gasteiger partial charge >= 0.3 is 0 Å². The van der Waals surface area contributed by atoms with Crippen molar-refractivity contribution in [1.82, 2.24) is 4.57 Å². The molecule has 34 heavy (non-hydrogen) atoms. The van der Waals surface area contributed by atoms with Crippen LogP contribution in [0.3, 0.4) is 0 Å². The zero-order valence-corrected chi connectivity index (χ0v) is 18.4. The molecular formula is C31H21NO2. The lowest BCUT2D eigenvalue weighted by Crippen LogP contribution is -2.09. The second-order valence-corrected chi connectivity index (χ2v) is 8.50. The first kappa shape index (κ1) is 20.1. The number of carbonyl (C=O) groups is 2. The van der Waals surface area contributed by atoms with E-state index in [1.165, 1.54) is 10.8 Å². The third-order valence-electron chi connectivity index (χ3n) is 6.42. The predicted molar refractivity (Wildman–Crippen MR) is 138 cm³/mol. The standard InChI is InChI=1S/C31H21NO2/c33-30(20-31(34)24-14-13-21-7-1-2-8-23(21)19-24)22-15-17-25(18-16-22)32-28-11-5-3-9-26(28)27-10-4-6-12-29(27)32/h1-19H,20H2. The SMILES string of the molecule is O=C(CC(=O)c1ccc2ccccc2c1)c1ccc(-n2c3ccccc3c3ccccc32)cc1. The molecule has 1 aromatic heterocycles. The maximum atomic E-state index is 12.9. The third kappa shape index (κ3) is 3.39. The fourth-order valence-electron chi connectivity index (χ4n) is 4.71. The van der Waals surface area contributed by atoms with Gasteiger partial charge in [0.2, 0.25) is 0 Å². The van der Waals surface area contributed by atoms with E-state index in [0.717, 1.165) is 27.5 Å². The highest BCUT2D eigenvalue weighted by atomic mass is 16.1. The second kappa shape index (κ2) is 8.13. The summed E-state index contributed by atoms with van der Waals surface area (Å²) in [5.74, 6) is -0.339. The molecule has 6 aromatic rings. The molecule has 0 radical (unpaired) electrons. The van der Waals surface area contributed by atoms with Crippen molar-refractivity contribution >= 4 is 44.1 Å². The monoisotopic (exact) mass is 439 g/mol. The van der Waals surface area contributed by atoms with Crippen molar-refractivity contribution in [2.75, 3.05) is 0 Å². The number of hydrogen-bond donors (Lipinski definition) is 0. The molecule has 0 unspecified atom stereocenters. The molecule has 3 nitrogen and oxygen atoms in total. The summed E-state index contributed by atoms with van der Waals surface area (Å²) in [6.45, 7) is 0. The summed E-state index contributed by atoms with van der Waals surface area (Å²) < 4.78 is 2.21. The van der Waals surface area contributed by atoms with Gasteiger partial charge in [0.05, 0.1) is 17.5 Å². The van der Waals surface area contributed by atoms with E-state index < -0.39 is 0 Å². The number of hydrogen-bond acceptors (Lipinski definition) is 2. The number of Topliss-reactive ketones (excluding diaryl/α,β-unsaturated/α-hetero) is 2. The molecule has 0 atom stereocenters. The van der Waals surface area contributed by atoms with Gasteiger partial charge < -0.3 is 4.57 Å². The highest BCUT2D eigenvalue weighted by Gasteiger charge is 2.16. The van der Waals surface area contributed by atoms with Gasteiger partial charge in [-0.05, 0) is 53.2 Å². The van der Waals surface area contributed by atoms with Crippen molar-refractivity contribution in [2.45, 2.75) is 6.42 Å². The Balaban J connectivity index is 1.29. The molecule has 3 heteroatoms. The average Bonchev–Trinajstić information content (AvgIpc) is 3.23. The van der Waals surface area contributed by atoms with Gasteiger partial charge in [-0.3, -0.25) is 9.59 Å². The van der Waals surface area contributed by atoms with Crippen LogP contribution in [-0.4, -0.2) is 16.1 Å². The molecule has 0 aliphatic heterocycles. The van der Waals surface area contributed by atoms with E-state index >= 15 is 0 Å². The van der Waals surface area contributed by atoms with Crippen LogP contribution < -0.4 is 0 Å². The Hall–Kier alpha value is -4.50. The molecule has 0 amide bonds. The minimum atomic E-state index is -0.174. The van der Waals surface area contributed by atoms with E-state index in [1.54, 1.807) is 6.07 Å². The van der Waals surface area contributed by atoms with Crippen molar-refractivity contribution in [3.63, 3.8) is 0 Å². The Kier molecular flexibility index (Phi) is 4.81. The normalized spacial score (nSPS) is 11.3. The van der Waals surface area contributed by atoms with E-state index in [2.05, 4.69) is 28.8 Å². The molecule has 0 saturated carbocycles. The Morgan fingerprint density at radius 2 is 1.06 bits per heavy atom. The molecular weight excluding hydrogens is 418 g/mol. The molecule has 6 rings (SSSR count).